The number of halogens is 1. The molecule has 0 bridgehead atoms. The monoisotopic (exact) mass is 342 g/mol. The van der Waals surface area contributed by atoms with Gasteiger partial charge in [-0.25, -0.2) is 0 Å². The van der Waals surface area contributed by atoms with E-state index in [1.165, 1.54) is 6.92 Å². The van der Waals surface area contributed by atoms with Gasteiger partial charge in [0.15, 0.2) is 0 Å². The molecule has 122 valence electrons. The Balaban J connectivity index is 1.82. The number of carbonyl (C=O) groups excluding carboxylic acids is 3. The van der Waals surface area contributed by atoms with Crippen LogP contribution in [0, 0.1) is 6.92 Å². The molecule has 1 aliphatic heterocycles. The number of carbonyl (C=O) groups is 3. The lowest BCUT2D eigenvalue weighted by Crippen LogP contribution is -2.45. The molecule has 0 aliphatic carbocycles. The van der Waals surface area contributed by atoms with Gasteiger partial charge < -0.3 is 5.32 Å². The Kier molecular flexibility index (Phi) is 4.11. The van der Waals surface area contributed by atoms with Crippen molar-refractivity contribution in [2.24, 2.45) is 0 Å². The van der Waals surface area contributed by atoms with Gasteiger partial charge in [0.2, 0.25) is 5.91 Å². The second-order valence-corrected chi connectivity index (χ2v) is 6.09. The van der Waals surface area contributed by atoms with E-state index in [-0.39, 0.29) is 0 Å². The standard InChI is InChI=1S/C18H15ClN2O3/c1-10-9-12(19)7-8-15(10)20-16(22)11(2)21-17(23)13-5-3-4-6-14(13)18(21)24/h3-9,11H,1-2H3,(H,20,22)/t11-/m1/s1. The van der Waals surface area contributed by atoms with Gasteiger partial charge in [-0.05, 0) is 49.7 Å². The minimum absolute atomic E-state index is 0.324. The van der Waals surface area contributed by atoms with Crippen molar-refractivity contribution in [2.75, 3.05) is 5.32 Å². The molecule has 0 fully saturated rings. The van der Waals surface area contributed by atoms with Gasteiger partial charge in [0, 0.05) is 10.7 Å². The highest BCUT2D eigenvalue weighted by Crippen LogP contribution is 2.25. The van der Waals surface area contributed by atoms with Crippen LogP contribution in [-0.2, 0) is 4.79 Å². The van der Waals surface area contributed by atoms with Crippen LogP contribution in [0.4, 0.5) is 5.69 Å². The summed E-state index contributed by atoms with van der Waals surface area (Å²) in [5.74, 6) is -1.34. The molecule has 0 saturated carbocycles. The van der Waals surface area contributed by atoms with Crippen molar-refractivity contribution in [1.29, 1.82) is 0 Å². The predicted octanol–water partition coefficient (Wildman–Crippen LogP) is 3.27. The van der Waals surface area contributed by atoms with Crippen molar-refractivity contribution < 1.29 is 14.4 Å². The SMILES string of the molecule is Cc1cc(Cl)ccc1NC(=O)[C@@H](C)N1C(=O)c2ccccc2C1=O. The largest absolute Gasteiger partial charge is 0.324 e. The number of fused-ring (bicyclic) bond motifs is 1. The maximum absolute atomic E-state index is 12.5. The molecule has 1 atom stereocenters. The molecule has 6 heteroatoms. The molecule has 3 rings (SSSR count). The van der Waals surface area contributed by atoms with Crippen molar-refractivity contribution in [1.82, 2.24) is 4.90 Å². The molecule has 3 amide bonds. The van der Waals surface area contributed by atoms with Crippen LogP contribution in [0.1, 0.15) is 33.2 Å². The van der Waals surface area contributed by atoms with Crippen molar-refractivity contribution in [3.8, 4) is 0 Å². The summed E-state index contributed by atoms with van der Waals surface area (Å²) in [5, 5.41) is 3.31. The van der Waals surface area contributed by atoms with Gasteiger partial charge in [-0.2, -0.15) is 0 Å². The first-order chi connectivity index (χ1) is 11.4. The Morgan fingerprint density at radius 1 is 1.08 bits per heavy atom. The van der Waals surface area contributed by atoms with Crippen LogP contribution in [0.15, 0.2) is 42.5 Å². The Hall–Kier alpha value is -2.66. The topological polar surface area (TPSA) is 66.5 Å². The Bertz CT molecular complexity index is 828. The zero-order valence-electron chi connectivity index (χ0n) is 13.2. The van der Waals surface area contributed by atoms with Crippen molar-refractivity contribution in [2.45, 2.75) is 19.9 Å². The van der Waals surface area contributed by atoms with Gasteiger partial charge >= 0.3 is 0 Å². The van der Waals surface area contributed by atoms with Crippen LogP contribution in [0.2, 0.25) is 5.02 Å². The third kappa shape index (κ3) is 2.67. The zero-order chi connectivity index (χ0) is 17.4. The molecule has 0 unspecified atom stereocenters. The van der Waals surface area contributed by atoms with Crippen LogP contribution in [-0.4, -0.2) is 28.7 Å². The number of rotatable bonds is 3. The van der Waals surface area contributed by atoms with Crippen LogP contribution < -0.4 is 5.32 Å². The van der Waals surface area contributed by atoms with E-state index < -0.39 is 23.8 Å². The highest BCUT2D eigenvalue weighted by atomic mass is 35.5. The summed E-state index contributed by atoms with van der Waals surface area (Å²) in [6, 6.07) is 10.7. The molecule has 0 aromatic heterocycles. The van der Waals surface area contributed by atoms with Gasteiger partial charge in [0.05, 0.1) is 11.1 Å². The number of benzene rings is 2. The van der Waals surface area contributed by atoms with Gasteiger partial charge in [-0.1, -0.05) is 23.7 Å². The number of nitrogens with one attached hydrogen (secondary N) is 1. The second kappa shape index (κ2) is 6.09. The zero-order valence-corrected chi connectivity index (χ0v) is 13.9. The van der Waals surface area contributed by atoms with Gasteiger partial charge in [-0.15, -0.1) is 0 Å². The fraction of sp³-hybridized carbons (Fsp3) is 0.167. The highest BCUT2D eigenvalue weighted by molar-refractivity contribution is 6.30. The predicted molar refractivity (Wildman–Crippen MR) is 91.2 cm³/mol. The van der Waals surface area contributed by atoms with Crippen molar-refractivity contribution in [3.63, 3.8) is 0 Å². The maximum atomic E-state index is 12.5. The van der Waals surface area contributed by atoms with Crippen LogP contribution >= 0.6 is 11.6 Å². The van der Waals surface area contributed by atoms with E-state index in [0.29, 0.717) is 21.8 Å². The molecular weight excluding hydrogens is 328 g/mol. The molecule has 1 aliphatic rings. The van der Waals surface area contributed by atoms with Crippen LogP contribution in [0.25, 0.3) is 0 Å². The summed E-state index contributed by atoms with van der Waals surface area (Å²) in [7, 11) is 0. The minimum Gasteiger partial charge on any atom is -0.324 e. The summed E-state index contributed by atoms with van der Waals surface area (Å²) >= 11 is 5.90. The maximum Gasteiger partial charge on any atom is 0.262 e. The Labute approximate surface area is 144 Å². The van der Waals surface area contributed by atoms with E-state index in [0.717, 1.165) is 10.5 Å². The van der Waals surface area contributed by atoms with Gasteiger partial charge in [0.1, 0.15) is 6.04 Å². The quantitative estimate of drug-likeness (QED) is 0.870. The second-order valence-electron chi connectivity index (χ2n) is 5.65. The van der Waals surface area contributed by atoms with E-state index in [1.807, 2.05) is 6.92 Å². The fourth-order valence-electron chi connectivity index (χ4n) is 2.68. The lowest BCUT2D eigenvalue weighted by molar-refractivity contribution is -0.119. The first-order valence-electron chi connectivity index (χ1n) is 7.44. The minimum atomic E-state index is -0.924. The molecule has 24 heavy (non-hydrogen) atoms. The number of anilines is 1. The Morgan fingerprint density at radius 2 is 1.67 bits per heavy atom. The van der Waals surface area contributed by atoms with E-state index in [1.54, 1.807) is 42.5 Å². The average molecular weight is 343 g/mol. The molecule has 5 nitrogen and oxygen atoms in total. The van der Waals surface area contributed by atoms with Gasteiger partial charge in [0.25, 0.3) is 11.8 Å². The molecule has 0 saturated heterocycles. The molecule has 0 spiro atoms. The third-order valence-corrected chi connectivity index (χ3v) is 4.27. The smallest absolute Gasteiger partial charge is 0.262 e. The van der Waals surface area contributed by atoms with Crippen molar-refractivity contribution in [3.05, 3.63) is 64.2 Å². The first kappa shape index (κ1) is 16.2. The highest BCUT2D eigenvalue weighted by Gasteiger charge is 2.40. The fourth-order valence-corrected chi connectivity index (χ4v) is 2.91. The molecule has 2 aromatic rings. The number of nitrogens with zero attached hydrogens (tertiary/aromatic N) is 1. The van der Waals surface area contributed by atoms with Gasteiger partial charge in [-0.3, -0.25) is 19.3 Å². The van der Waals surface area contributed by atoms with E-state index in [4.69, 9.17) is 11.6 Å². The number of amides is 3. The number of aryl methyl sites for hydroxylation is 1. The van der Waals surface area contributed by atoms with E-state index in [2.05, 4.69) is 5.32 Å². The summed E-state index contributed by atoms with van der Waals surface area (Å²) in [6.45, 7) is 3.34. The third-order valence-electron chi connectivity index (χ3n) is 4.04. The Morgan fingerprint density at radius 3 is 2.21 bits per heavy atom. The summed E-state index contributed by atoms with van der Waals surface area (Å²) in [6.07, 6.45) is 0. The lowest BCUT2D eigenvalue weighted by Gasteiger charge is -2.22. The number of hydrogen-bond donors (Lipinski definition) is 1. The lowest BCUT2D eigenvalue weighted by atomic mass is 10.1. The molecule has 1 N–H and O–H groups in total. The number of hydrogen-bond acceptors (Lipinski definition) is 3. The van der Waals surface area contributed by atoms with Crippen molar-refractivity contribution >= 4 is 35.0 Å². The average Bonchev–Trinajstić information content (AvgIpc) is 2.81. The normalized spacial score (nSPS) is 14.5. The van der Waals surface area contributed by atoms with Crippen LogP contribution in [0.5, 0.6) is 0 Å². The molecule has 2 aromatic carbocycles. The first-order valence-corrected chi connectivity index (χ1v) is 7.82. The van der Waals surface area contributed by atoms with E-state index in [9.17, 15) is 14.4 Å². The molecule has 0 radical (unpaired) electrons. The molecular formula is C18H15ClN2O3. The van der Waals surface area contributed by atoms with Crippen LogP contribution in [0.3, 0.4) is 0 Å². The number of imide groups is 1. The van der Waals surface area contributed by atoms with E-state index >= 15 is 0 Å². The molecule has 1 heterocycles. The summed E-state index contributed by atoms with van der Waals surface area (Å²) < 4.78 is 0. The summed E-state index contributed by atoms with van der Waals surface area (Å²) in [5.41, 5.74) is 2.04. The summed E-state index contributed by atoms with van der Waals surface area (Å²) in [4.78, 5) is 38.3.